The second-order valence-corrected chi connectivity index (χ2v) is 4.91. The Labute approximate surface area is 123 Å². The van der Waals surface area contributed by atoms with Crippen molar-refractivity contribution in [1.82, 2.24) is 4.98 Å². The third-order valence-electron chi connectivity index (χ3n) is 2.46. The molecule has 0 aliphatic carbocycles. The molecule has 1 N–H and O–H groups in total. The summed E-state index contributed by atoms with van der Waals surface area (Å²) in [7, 11) is 0. The highest BCUT2D eigenvalue weighted by molar-refractivity contribution is 7.98. The highest BCUT2D eigenvalue weighted by atomic mass is 35.5. The third kappa shape index (κ3) is 3.26. The predicted octanol–water partition coefficient (Wildman–Crippen LogP) is 4.20. The normalized spacial score (nSPS) is 10.4. The van der Waals surface area contributed by atoms with Gasteiger partial charge in [-0.05, 0) is 42.1 Å². The number of nitrogens with one attached hydrogen (secondary N) is 1. The fourth-order valence-corrected chi connectivity index (χ4v) is 2.32. The van der Waals surface area contributed by atoms with Crippen LogP contribution in [0.5, 0.6) is 0 Å². The van der Waals surface area contributed by atoms with E-state index < -0.39 is 16.9 Å². The number of carbonyl (C=O) groups excluding carboxylic acids is 1. The zero-order valence-corrected chi connectivity index (χ0v) is 11.9. The quantitative estimate of drug-likeness (QED) is 0.678. The lowest BCUT2D eigenvalue weighted by atomic mass is 10.2. The molecule has 1 aromatic heterocycles. The molecule has 0 atom stereocenters. The van der Waals surface area contributed by atoms with Crippen molar-refractivity contribution in [3.63, 3.8) is 0 Å². The summed E-state index contributed by atoms with van der Waals surface area (Å²) < 4.78 is 26.3. The van der Waals surface area contributed by atoms with Gasteiger partial charge in [-0.2, -0.15) is 0 Å². The first kappa shape index (κ1) is 14.7. The van der Waals surface area contributed by atoms with E-state index in [9.17, 15) is 13.6 Å². The van der Waals surface area contributed by atoms with E-state index in [1.165, 1.54) is 30.0 Å². The van der Waals surface area contributed by atoms with Crippen LogP contribution in [0.1, 0.15) is 10.4 Å². The molecule has 0 spiro atoms. The minimum absolute atomic E-state index is 0.0934. The molecule has 0 fully saturated rings. The second kappa shape index (κ2) is 6.19. The van der Waals surface area contributed by atoms with Gasteiger partial charge in [0.15, 0.2) is 0 Å². The van der Waals surface area contributed by atoms with E-state index in [2.05, 4.69) is 10.3 Å². The van der Waals surface area contributed by atoms with Crippen LogP contribution in [-0.2, 0) is 0 Å². The maximum atomic E-state index is 13.5. The molecule has 0 radical (unpaired) electrons. The van der Waals surface area contributed by atoms with E-state index in [1.54, 1.807) is 6.26 Å². The van der Waals surface area contributed by atoms with Crippen LogP contribution in [0, 0.1) is 11.6 Å². The van der Waals surface area contributed by atoms with Gasteiger partial charge in [-0.3, -0.25) is 4.79 Å². The van der Waals surface area contributed by atoms with Crippen molar-refractivity contribution in [3.05, 3.63) is 47.5 Å². The van der Waals surface area contributed by atoms with Crippen LogP contribution in [-0.4, -0.2) is 16.5 Å². The van der Waals surface area contributed by atoms with Crippen LogP contribution in [0.15, 0.2) is 35.4 Å². The Morgan fingerprint density at radius 3 is 2.65 bits per heavy atom. The number of pyridine rings is 1. The molecule has 0 bridgehead atoms. The second-order valence-electron chi connectivity index (χ2n) is 3.78. The molecule has 1 aromatic carbocycles. The lowest BCUT2D eigenvalue weighted by Gasteiger charge is -2.09. The molecule has 0 amide bonds. The SMILES string of the molecule is CSc1nc(Nc2ccc(F)cc2F)ccc1C(=O)Cl. The monoisotopic (exact) mass is 314 g/mol. The minimum Gasteiger partial charge on any atom is -0.338 e. The van der Waals surface area contributed by atoms with Crippen molar-refractivity contribution in [1.29, 1.82) is 0 Å². The lowest BCUT2D eigenvalue weighted by molar-refractivity contribution is 0.107. The molecule has 0 aliphatic rings. The molecule has 0 saturated heterocycles. The number of benzene rings is 1. The van der Waals surface area contributed by atoms with Gasteiger partial charge in [0.2, 0.25) is 0 Å². The smallest absolute Gasteiger partial charge is 0.255 e. The molecule has 3 nitrogen and oxygen atoms in total. The van der Waals surface area contributed by atoms with Crippen molar-refractivity contribution >= 4 is 40.1 Å². The highest BCUT2D eigenvalue weighted by Crippen LogP contribution is 2.25. The van der Waals surface area contributed by atoms with E-state index in [1.807, 2.05) is 0 Å². The Hall–Kier alpha value is -1.66. The number of carbonyl (C=O) groups is 1. The molecule has 0 unspecified atom stereocenters. The standard InChI is InChI=1S/C13H9ClF2N2OS/c1-20-13-8(12(14)19)3-5-11(18-13)17-10-4-2-7(15)6-9(10)16/h2-6H,1H3,(H,17,18). The summed E-state index contributed by atoms with van der Waals surface area (Å²) in [4.78, 5) is 15.3. The fraction of sp³-hybridized carbons (Fsp3) is 0.0769. The fourth-order valence-electron chi connectivity index (χ4n) is 1.54. The summed E-state index contributed by atoms with van der Waals surface area (Å²) in [6, 6.07) is 6.17. The maximum absolute atomic E-state index is 13.5. The van der Waals surface area contributed by atoms with Crippen LogP contribution in [0.2, 0.25) is 0 Å². The average molecular weight is 315 g/mol. The number of hydrogen-bond donors (Lipinski definition) is 1. The first-order valence-electron chi connectivity index (χ1n) is 5.48. The van der Waals surface area contributed by atoms with Gasteiger partial charge in [-0.25, -0.2) is 13.8 Å². The molecule has 2 aromatic rings. The molecule has 1 heterocycles. The molecule has 0 saturated carbocycles. The zero-order chi connectivity index (χ0) is 14.7. The van der Waals surface area contributed by atoms with Gasteiger partial charge in [0, 0.05) is 6.07 Å². The van der Waals surface area contributed by atoms with Crippen molar-refractivity contribution in [2.75, 3.05) is 11.6 Å². The lowest BCUT2D eigenvalue weighted by Crippen LogP contribution is -2.01. The van der Waals surface area contributed by atoms with Gasteiger partial charge in [0.05, 0.1) is 11.3 Å². The van der Waals surface area contributed by atoms with Crippen LogP contribution in [0.3, 0.4) is 0 Å². The summed E-state index contributed by atoms with van der Waals surface area (Å²) in [5.41, 5.74) is 0.375. The number of anilines is 2. The van der Waals surface area contributed by atoms with Crippen molar-refractivity contribution < 1.29 is 13.6 Å². The van der Waals surface area contributed by atoms with E-state index in [0.29, 0.717) is 10.8 Å². The van der Waals surface area contributed by atoms with Gasteiger partial charge < -0.3 is 5.32 Å². The number of rotatable bonds is 4. The molecule has 2 rings (SSSR count). The van der Waals surface area contributed by atoms with E-state index >= 15 is 0 Å². The van der Waals surface area contributed by atoms with Gasteiger partial charge in [0.1, 0.15) is 22.5 Å². The van der Waals surface area contributed by atoms with Crippen LogP contribution in [0.25, 0.3) is 0 Å². The molecular formula is C13H9ClF2N2OS. The van der Waals surface area contributed by atoms with Gasteiger partial charge in [-0.15, -0.1) is 11.8 Å². The number of hydrogen-bond acceptors (Lipinski definition) is 4. The summed E-state index contributed by atoms with van der Waals surface area (Å²) in [6.07, 6.45) is 1.74. The summed E-state index contributed by atoms with van der Waals surface area (Å²) in [6.45, 7) is 0. The van der Waals surface area contributed by atoms with Crippen LogP contribution >= 0.6 is 23.4 Å². The van der Waals surface area contributed by atoms with Crippen molar-refractivity contribution in [2.45, 2.75) is 5.03 Å². The van der Waals surface area contributed by atoms with Crippen LogP contribution < -0.4 is 5.32 Å². The largest absolute Gasteiger partial charge is 0.338 e. The summed E-state index contributed by atoms with van der Waals surface area (Å²) >= 11 is 6.67. The Balaban J connectivity index is 2.32. The topological polar surface area (TPSA) is 42.0 Å². The first-order valence-corrected chi connectivity index (χ1v) is 7.08. The molecular weight excluding hydrogens is 306 g/mol. The van der Waals surface area contributed by atoms with Crippen molar-refractivity contribution in [3.8, 4) is 0 Å². The van der Waals surface area contributed by atoms with E-state index in [-0.39, 0.29) is 11.3 Å². The van der Waals surface area contributed by atoms with E-state index in [0.717, 1.165) is 12.1 Å². The predicted molar refractivity (Wildman–Crippen MR) is 75.8 cm³/mol. The number of nitrogens with zero attached hydrogens (tertiary/aromatic N) is 1. The average Bonchev–Trinajstić information content (AvgIpc) is 2.41. The molecule has 20 heavy (non-hydrogen) atoms. The first-order chi connectivity index (χ1) is 9.51. The van der Waals surface area contributed by atoms with Gasteiger partial charge >= 0.3 is 0 Å². The van der Waals surface area contributed by atoms with Gasteiger partial charge in [0.25, 0.3) is 5.24 Å². The van der Waals surface area contributed by atoms with Crippen LogP contribution in [0.4, 0.5) is 20.3 Å². The Bertz CT molecular complexity index is 667. The maximum Gasteiger partial charge on any atom is 0.255 e. The molecule has 104 valence electrons. The summed E-state index contributed by atoms with van der Waals surface area (Å²) in [5.74, 6) is -1.05. The number of halogens is 3. The Kier molecular flexibility index (Phi) is 4.57. The minimum atomic E-state index is -0.727. The Morgan fingerprint density at radius 2 is 2.05 bits per heavy atom. The van der Waals surface area contributed by atoms with Crippen molar-refractivity contribution in [2.24, 2.45) is 0 Å². The highest BCUT2D eigenvalue weighted by Gasteiger charge is 2.12. The van der Waals surface area contributed by atoms with E-state index in [4.69, 9.17) is 11.6 Å². The number of aromatic nitrogens is 1. The van der Waals surface area contributed by atoms with Gasteiger partial charge in [-0.1, -0.05) is 0 Å². The zero-order valence-electron chi connectivity index (χ0n) is 10.3. The number of thioether (sulfide) groups is 1. The molecule has 7 heteroatoms. The summed E-state index contributed by atoms with van der Waals surface area (Å²) in [5, 5.41) is 2.54. The molecule has 0 aliphatic heterocycles. The third-order valence-corrected chi connectivity index (χ3v) is 3.36. The Morgan fingerprint density at radius 1 is 1.30 bits per heavy atom.